The summed E-state index contributed by atoms with van der Waals surface area (Å²) in [7, 11) is 0. The minimum Gasteiger partial charge on any atom is -0.389 e. The summed E-state index contributed by atoms with van der Waals surface area (Å²) in [5.41, 5.74) is 0.313. The molecule has 4 nitrogen and oxygen atoms in total. The van der Waals surface area contributed by atoms with E-state index in [-0.39, 0.29) is 31.1 Å². The molecule has 0 amide bonds. The number of halogens is 1. The van der Waals surface area contributed by atoms with E-state index < -0.39 is 6.10 Å². The van der Waals surface area contributed by atoms with Gasteiger partial charge in [0.05, 0.1) is 31.2 Å². The first-order chi connectivity index (χ1) is 11.1. The first kappa shape index (κ1) is 15.9. The van der Waals surface area contributed by atoms with Crippen LogP contribution in [0.5, 0.6) is 0 Å². The fourth-order valence-electron chi connectivity index (χ4n) is 2.35. The van der Waals surface area contributed by atoms with Gasteiger partial charge in [0.15, 0.2) is 0 Å². The average molecular weight is 333 g/mol. The molecule has 23 heavy (non-hydrogen) atoms. The van der Waals surface area contributed by atoms with E-state index >= 15 is 0 Å². The largest absolute Gasteiger partial charge is 0.389 e. The third kappa shape index (κ3) is 3.67. The number of hydrogen-bond acceptors (Lipinski definition) is 4. The molecule has 0 spiro atoms. The van der Waals surface area contributed by atoms with Crippen molar-refractivity contribution < 1.29 is 14.2 Å². The second-order valence-electron chi connectivity index (χ2n) is 5.23. The monoisotopic (exact) mass is 333 g/mol. The standard InChI is InChI=1S/C17H16FNO3S/c18-15-4-2-1-3-12(15)10-22-11-13(20)9-19-7-5-16-14(17(19)21)6-8-23-16/h1-8,13,20H,9-11H2/t13-/m1/s1. The lowest BCUT2D eigenvalue weighted by molar-refractivity contribution is 0.0191. The third-order valence-corrected chi connectivity index (χ3v) is 4.41. The normalized spacial score (nSPS) is 12.6. The predicted molar refractivity (Wildman–Crippen MR) is 88.1 cm³/mol. The number of fused-ring (bicyclic) bond motifs is 1. The number of nitrogens with zero attached hydrogens (tertiary/aromatic N) is 1. The lowest BCUT2D eigenvalue weighted by Gasteiger charge is -2.13. The quantitative estimate of drug-likeness (QED) is 0.755. The smallest absolute Gasteiger partial charge is 0.259 e. The summed E-state index contributed by atoms with van der Waals surface area (Å²) in [5.74, 6) is -0.332. The molecule has 6 heteroatoms. The maximum absolute atomic E-state index is 13.4. The third-order valence-electron chi connectivity index (χ3n) is 3.53. The zero-order valence-electron chi connectivity index (χ0n) is 12.3. The maximum Gasteiger partial charge on any atom is 0.259 e. The van der Waals surface area contributed by atoms with Crippen LogP contribution in [0.25, 0.3) is 10.1 Å². The van der Waals surface area contributed by atoms with Gasteiger partial charge in [0.2, 0.25) is 0 Å². The Kier molecular flexibility index (Phi) is 4.85. The molecule has 0 saturated heterocycles. The Bertz CT molecular complexity index is 858. The molecule has 3 aromatic rings. The number of thiophene rings is 1. The SMILES string of the molecule is O=c1c2ccsc2ccn1C[C@@H](O)COCc1ccccc1F. The van der Waals surface area contributed by atoms with Gasteiger partial charge in [0.1, 0.15) is 5.82 Å². The Hall–Kier alpha value is -2.02. The van der Waals surface area contributed by atoms with E-state index in [2.05, 4.69) is 0 Å². The molecular formula is C17H16FNO3S. The minimum absolute atomic E-state index is 0.0302. The molecule has 0 radical (unpaired) electrons. The molecule has 0 saturated carbocycles. The molecule has 2 aromatic heterocycles. The Morgan fingerprint density at radius 2 is 2.09 bits per heavy atom. The number of aromatic nitrogens is 1. The molecule has 0 fully saturated rings. The highest BCUT2D eigenvalue weighted by molar-refractivity contribution is 7.17. The lowest BCUT2D eigenvalue weighted by Crippen LogP contribution is -2.28. The second-order valence-corrected chi connectivity index (χ2v) is 6.18. The number of benzene rings is 1. The van der Waals surface area contributed by atoms with Crippen molar-refractivity contribution in [3.05, 3.63) is 69.7 Å². The van der Waals surface area contributed by atoms with Gasteiger partial charge in [-0.15, -0.1) is 11.3 Å². The fourth-order valence-corrected chi connectivity index (χ4v) is 3.12. The van der Waals surface area contributed by atoms with E-state index in [4.69, 9.17) is 4.74 Å². The second kappa shape index (κ2) is 7.04. The Morgan fingerprint density at radius 3 is 2.91 bits per heavy atom. The number of aliphatic hydroxyl groups is 1. The molecule has 1 N–H and O–H groups in total. The zero-order chi connectivity index (χ0) is 16.2. The number of ether oxygens (including phenoxy) is 1. The topological polar surface area (TPSA) is 51.5 Å². The van der Waals surface area contributed by atoms with E-state index in [1.54, 1.807) is 30.5 Å². The van der Waals surface area contributed by atoms with Crippen molar-refractivity contribution in [1.82, 2.24) is 4.57 Å². The van der Waals surface area contributed by atoms with Crippen molar-refractivity contribution >= 4 is 21.4 Å². The Morgan fingerprint density at radius 1 is 1.26 bits per heavy atom. The van der Waals surface area contributed by atoms with Gasteiger partial charge in [-0.05, 0) is 23.6 Å². The van der Waals surface area contributed by atoms with Crippen LogP contribution in [0, 0.1) is 5.82 Å². The van der Waals surface area contributed by atoms with Crippen molar-refractivity contribution in [3.63, 3.8) is 0 Å². The molecule has 2 heterocycles. The van der Waals surface area contributed by atoms with Crippen molar-refractivity contribution in [2.24, 2.45) is 0 Å². The fraction of sp³-hybridized carbons (Fsp3) is 0.235. The van der Waals surface area contributed by atoms with Gasteiger partial charge in [-0.1, -0.05) is 18.2 Å². The summed E-state index contributed by atoms with van der Waals surface area (Å²) >= 11 is 1.51. The highest BCUT2D eigenvalue weighted by Crippen LogP contribution is 2.16. The van der Waals surface area contributed by atoms with Crippen LogP contribution in [0.4, 0.5) is 4.39 Å². The summed E-state index contributed by atoms with van der Waals surface area (Å²) < 4.78 is 21.2. The molecule has 1 atom stereocenters. The van der Waals surface area contributed by atoms with E-state index in [9.17, 15) is 14.3 Å². The summed E-state index contributed by atoms with van der Waals surface area (Å²) in [6.07, 6.45) is 0.830. The van der Waals surface area contributed by atoms with Gasteiger partial charge in [0.25, 0.3) is 5.56 Å². The first-order valence-corrected chi connectivity index (χ1v) is 8.09. The molecule has 0 bridgehead atoms. The van der Waals surface area contributed by atoms with Crippen LogP contribution in [0.2, 0.25) is 0 Å². The average Bonchev–Trinajstić information content (AvgIpc) is 3.01. The van der Waals surface area contributed by atoms with Crippen molar-refractivity contribution in [2.45, 2.75) is 19.3 Å². The van der Waals surface area contributed by atoms with E-state index in [1.165, 1.54) is 22.0 Å². The van der Waals surface area contributed by atoms with Crippen molar-refractivity contribution in [1.29, 1.82) is 0 Å². The number of aliphatic hydroxyl groups excluding tert-OH is 1. The van der Waals surface area contributed by atoms with Gasteiger partial charge in [-0.25, -0.2) is 4.39 Å². The van der Waals surface area contributed by atoms with Crippen LogP contribution in [0.15, 0.2) is 52.8 Å². The highest BCUT2D eigenvalue weighted by atomic mass is 32.1. The summed E-state index contributed by atoms with van der Waals surface area (Å²) in [6.45, 7) is 0.256. The van der Waals surface area contributed by atoms with Crippen LogP contribution in [0.3, 0.4) is 0 Å². The van der Waals surface area contributed by atoms with Gasteiger partial charge in [-0.3, -0.25) is 4.79 Å². The van der Waals surface area contributed by atoms with E-state index in [0.717, 1.165) is 4.70 Å². The predicted octanol–water partition coefficient (Wildman–Crippen LogP) is 2.78. The van der Waals surface area contributed by atoms with Crippen LogP contribution < -0.4 is 5.56 Å². The summed E-state index contributed by atoms with van der Waals surface area (Å²) in [4.78, 5) is 12.2. The van der Waals surface area contributed by atoms with Crippen molar-refractivity contribution in [2.75, 3.05) is 6.61 Å². The highest BCUT2D eigenvalue weighted by Gasteiger charge is 2.10. The number of rotatable bonds is 6. The van der Waals surface area contributed by atoms with Gasteiger partial charge >= 0.3 is 0 Å². The van der Waals surface area contributed by atoms with E-state index in [0.29, 0.717) is 10.9 Å². The van der Waals surface area contributed by atoms with Crippen LogP contribution in [-0.2, 0) is 17.9 Å². The molecular weight excluding hydrogens is 317 g/mol. The molecule has 0 aliphatic rings. The van der Waals surface area contributed by atoms with Crippen LogP contribution in [-0.4, -0.2) is 22.4 Å². The molecule has 3 rings (SSSR count). The number of pyridine rings is 1. The molecule has 0 unspecified atom stereocenters. The number of hydrogen-bond donors (Lipinski definition) is 1. The zero-order valence-corrected chi connectivity index (χ0v) is 13.1. The summed E-state index contributed by atoms with van der Waals surface area (Å²) in [5, 5.41) is 12.5. The van der Waals surface area contributed by atoms with Gasteiger partial charge < -0.3 is 14.4 Å². The van der Waals surface area contributed by atoms with E-state index in [1.807, 2.05) is 11.4 Å². The minimum atomic E-state index is -0.837. The van der Waals surface area contributed by atoms with Gasteiger partial charge in [-0.2, -0.15) is 0 Å². The molecule has 120 valence electrons. The van der Waals surface area contributed by atoms with Crippen molar-refractivity contribution in [3.8, 4) is 0 Å². The Labute approximate surface area is 136 Å². The Balaban J connectivity index is 1.58. The van der Waals surface area contributed by atoms with Crippen LogP contribution in [0.1, 0.15) is 5.56 Å². The molecule has 0 aliphatic heterocycles. The van der Waals surface area contributed by atoms with Gasteiger partial charge in [0, 0.05) is 16.5 Å². The maximum atomic E-state index is 13.4. The lowest BCUT2D eigenvalue weighted by atomic mass is 10.2. The molecule has 1 aromatic carbocycles. The first-order valence-electron chi connectivity index (χ1n) is 7.21. The molecule has 0 aliphatic carbocycles. The summed E-state index contributed by atoms with van der Waals surface area (Å²) in [6, 6.07) is 9.98. The van der Waals surface area contributed by atoms with Crippen LogP contribution >= 0.6 is 11.3 Å².